The Morgan fingerprint density at radius 2 is 2.00 bits per heavy atom. The van der Waals surface area contributed by atoms with Crippen molar-refractivity contribution >= 4 is 5.91 Å². The van der Waals surface area contributed by atoms with Crippen molar-refractivity contribution in [2.24, 2.45) is 0 Å². The maximum Gasteiger partial charge on any atom is 0.251 e. The standard InChI is InChI=1S/C18H24N4O3/c1-24-13-16-20-17(25-21-16)11-19-18(23)15-7-5-14(6-8-15)12-22-9-3-2-4-10-22/h5-8H,2-4,9-13H2,1H3,(H,19,23). The third-order valence-electron chi connectivity index (χ3n) is 4.25. The summed E-state index contributed by atoms with van der Waals surface area (Å²) in [5.74, 6) is 0.673. The Labute approximate surface area is 147 Å². The Hall–Kier alpha value is -2.25. The topological polar surface area (TPSA) is 80.5 Å². The molecule has 1 aromatic carbocycles. The zero-order valence-corrected chi connectivity index (χ0v) is 14.5. The molecule has 0 bridgehead atoms. The van der Waals surface area contributed by atoms with E-state index in [1.807, 2.05) is 24.3 Å². The highest BCUT2D eigenvalue weighted by molar-refractivity contribution is 5.94. The van der Waals surface area contributed by atoms with E-state index in [4.69, 9.17) is 9.26 Å². The molecular weight excluding hydrogens is 320 g/mol. The van der Waals surface area contributed by atoms with Crippen molar-refractivity contribution in [3.63, 3.8) is 0 Å². The number of hydrogen-bond acceptors (Lipinski definition) is 6. The van der Waals surface area contributed by atoms with Gasteiger partial charge in [-0.3, -0.25) is 9.69 Å². The second kappa shape index (κ2) is 8.73. The summed E-state index contributed by atoms with van der Waals surface area (Å²) < 4.78 is 9.97. The van der Waals surface area contributed by atoms with Gasteiger partial charge in [-0.05, 0) is 43.6 Å². The molecule has 7 nitrogen and oxygen atoms in total. The van der Waals surface area contributed by atoms with E-state index in [-0.39, 0.29) is 19.1 Å². The fourth-order valence-corrected chi connectivity index (χ4v) is 2.94. The molecule has 0 spiro atoms. The van der Waals surface area contributed by atoms with Gasteiger partial charge in [-0.15, -0.1) is 0 Å². The van der Waals surface area contributed by atoms with Gasteiger partial charge in [0.05, 0.1) is 6.54 Å². The van der Waals surface area contributed by atoms with E-state index < -0.39 is 0 Å². The predicted octanol–water partition coefficient (Wildman–Crippen LogP) is 2.13. The zero-order valence-electron chi connectivity index (χ0n) is 14.5. The highest BCUT2D eigenvalue weighted by Crippen LogP contribution is 2.13. The number of methoxy groups -OCH3 is 1. The number of rotatable bonds is 7. The third kappa shape index (κ3) is 5.11. The number of piperidine rings is 1. The average Bonchev–Trinajstić information content (AvgIpc) is 3.09. The summed E-state index contributed by atoms with van der Waals surface area (Å²) in [5, 5.41) is 6.54. The van der Waals surface area contributed by atoms with Gasteiger partial charge in [0.15, 0.2) is 5.82 Å². The molecule has 1 fully saturated rings. The number of likely N-dealkylation sites (tertiary alicyclic amines) is 1. The van der Waals surface area contributed by atoms with E-state index in [1.165, 1.54) is 24.8 Å². The highest BCUT2D eigenvalue weighted by Gasteiger charge is 2.12. The summed E-state index contributed by atoms with van der Waals surface area (Å²) in [7, 11) is 1.56. The monoisotopic (exact) mass is 344 g/mol. The normalized spacial score (nSPS) is 15.2. The van der Waals surface area contributed by atoms with Crippen LogP contribution in [-0.2, 0) is 24.4 Å². The molecule has 2 aromatic rings. The molecule has 25 heavy (non-hydrogen) atoms. The van der Waals surface area contributed by atoms with Gasteiger partial charge >= 0.3 is 0 Å². The lowest BCUT2D eigenvalue weighted by molar-refractivity contribution is 0.0946. The van der Waals surface area contributed by atoms with Crippen molar-refractivity contribution in [3.8, 4) is 0 Å². The van der Waals surface area contributed by atoms with Crippen LogP contribution in [-0.4, -0.2) is 41.1 Å². The van der Waals surface area contributed by atoms with E-state index >= 15 is 0 Å². The summed E-state index contributed by atoms with van der Waals surface area (Å²) in [6, 6.07) is 7.76. The van der Waals surface area contributed by atoms with Crippen LogP contribution in [0.5, 0.6) is 0 Å². The molecule has 0 radical (unpaired) electrons. The Morgan fingerprint density at radius 1 is 1.24 bits per heavy atom. The van der Waals surface area contributed by atoms with Crippen LogP contribution in [0.15, 0.2) is 28.8 Å². The van der Waals surface area contributed by atoms with Crippen molar-refractivity contribution in [1.82, 2.24) is 20.4 Å². The first-order valence-electron chi connectivity index (χ1n) is 8.64. The molecule has 1 aromatic heterocycles. The van der Waals surface area contributed by atoms with Gasteiger partial charge in [0.2, 0.25) is 5.89 Å². The Bertz CT molecular complexity index is 678. The first-order valence-corrected chi connectivity index (χ1v) is 8.64. The van der Waals surface area contributed by atoms with Gasteiger partial charge in [-0.1, -0.05) is 23.7 Å². The van der Waals surface area contributed by atoms with Crippen molar-refractivity contribution in [2.45, 2.75) is 39.0 Å². The predicted molar refractivity (Wildman–Crippen MR) is 91.8 cm³/mol. The highest BCUT2D eigenvalue weighted by atomic mass is 16.5. The summed E-state index contributed by atoms with van der Waals surface area (Å²) >= 11 is 0. The molecular formula is C18H24N4O3. The minimum Gasteiger partial charge on any atom is -0.377 e. The summed E-state index contributed by atoms with van der Waals surface area (Å²) in [5.41, 5.74) is 1.86. The second-order valence-electron chi connectivity index (χ2n) is 6.25. The van der Waals surface area contributed by atoms with E-state index in [0.29, 0.717) is 17.3 Å². The van der Waals surface area contributed by atoms with Crippen LogP contribution in [0.2, 0.25) is 0 Å². The minimum atomic E-state index is -0.156. The van der Waals surface area contributed by atoms with Crippen LogP contribution in [0.25, 0.3) is 0 Å². The first-order chi connectivity index (χ1) is 12.2. The maximum atomic E-state index is 12.2. The molecule has 0 aliphatic carbocycles. The molecule has 1 saturated heterocycles. The number of amides is 1. The van der Waals surface area contributed by atoms with E-state index in [2.05, 4.69) is 20.4 Å². The van der Waals surface area contributed by atoms with Crippen molar-refractivity contribution < 1.29 is 14.1 Å². The summed E-state index contributed by atoms with van der Waals surface area (Å²) in [6.45, 7) is 3.77. The molecule has 0 saturated carbocycles. The molecule has 2 heterocycles. The van der Waals surface area contributed by atoms with Gasteiger partial charge in [0.1, 0.15) is 6.61 Å². The molecule has 1 N–H and O–H groups in total. The fraction of sp³-hybridized carbons (Fsp3) is 0.500. The molecule has 0 unspecified atom stereocenters. The number of nitrogens with zero attached hydrogens (tertiary/aromatic N) is 3. The average molecular weight is 344 g/mol. The summed E-state index contributed by atoms with van der Waals surface area (Å²) in [6.07, 6.45) is 3.90. The number of benzene rings is 1. The molecule has 0 atom stereocenters. The van der Waals surface area contributed by atoms with Gasteiger partial charge < -0.3 is 14.6 Å². The lowest BCUT2D eigenvalue weighted by atomic mass is 10.1. The Balaban J connectivity index is 1.49. The lowest BCUT2D eigenvalue weighted by Gasteiger charge is -2.26. The van der Waals surface area contributed by atoms with E-state index in [9.17, 15) is 4.79 Å². The quantitative estimate of drug-likeness (QED) is 0.829. The van der Waals surface area contributed by atoms with Crippen LogP contribution >= 0.6 is 0 Å². The number of carbonyl (C=O) groups is 1. The molecule has 1 amide bonds. The minimum absolute atomic E-state index is 0.156. The van der Waals surface area contributed by atoms with Gasteiger partial charge in [-0.25, -0.2) is 0 Å². The molecule has 7 heteroatoms. The van der Waals surface area contributed by atoms with Gasteiger partial charge in [0, 0.05) is 19.2 Å². The van der Waals surface area contributed by atoms with Crippen LogP contribution in [0, 0.1) is 0 Å². The molecule has 1 aliphatic heterocycles. The van der Waals surface area contributed by atoms with E-state index in [1.54, 1.807) is 7.11 Å². The summed E-state index contributed by atoms with van der Waals surface area (Å²) in [4.78, 5) is 18.8. The fourth-order valence-electron chi connectivity index (χ4n) is 2.94. The largest absolute Gasteiger partial charge is 0.377 e. The molecule has 134 valence electrons. The molecule has 3 rings (SSSR count). The van der Waals surface area contributed by atoms with Crippen molar-refractivity contribution in [1.29, 1.82) is 0 Å². The number of aromatic nitrogens is 2. The Kier molecular flexibility index (Phi) is 6.14. The van der Waals surface area contributed by atoms with Crippen LogP contribution in [0.4, 0.5) is 0 Å². The first kappa shape index (κ1) is 17.6. The number of carbonyl (C=O) groups excluding carboxylic acids is 1. The smallest absolute Gasteiger partial charge is 0.251 e. The Morgan fingerprint density at radius 3 is 2.72 bits per heavy atom. The zero-order chi connectivity index (χ0) is 17.5. The van der Waals surface area contributed by atoms with Crippen LogP contribution in [0.1, 0.15) is 46.9 Å². The van der Waals surface area contributed by atoms with Crippen LogP contribution < -0.4 is 5.32 Å². The SMILES string of the molecule is COCc1noc(CNC(=O)c2ccc(CN3CCCCC3)cc2)n1. The van der Waals surface area contributed by atoms with Crippen molar-refractivity contribution in [2.75, 3.05) is 20.2 Å². The third-order valence-corrected chi connectivity index (χ3v) is 4.25. The number of hydrogen-bond donors (Lipinski definition) is 1. The van der Waals surface area contributed by atoms with Crippen LogP contribution in [0.3, 0.4) is 0 Å². The van der Waals surface area contributed by atoms with E-state index in [0.717, 1.165) is 19.6 Å². The second-order valence-corrected chi connectivity index (χ2v) is 6.25. The lowest BCUT2D eigenvalue weighted by Crippen LogP contribution is -2.29. The number of ether oxygens (including phenoxy) is 1. The molecule has 1 aliphatic rings. The van der Waals surface area contributed by atoms with Gasteiger partial charge in [-0.2, -0.15) is 4.98 Å². The maximum absolute atomic E-state index is 12.2. The van der Waals surface area contributed by atoms with Crippen molar-refractivity contribution in [3.05, 3.63) is 47.1 Å². The number of nitrogens with one attached hydrogen (secondary N) is 1. The van der Waals surface area contributed by atoms with Gasteiger partial charge in [0.25, 0.3) is 5.91 Å².